The van der Waals surface area contributed by atoms with E-state index in [1.165, 1.54) is 0 Å². The molecule has 0 aliphatic carbocycles. The number of aliphatic carboxylic acids is 1. The van der Waals surface area contributed by atoms with Crippen LogP contribution >= 0.6 is 11.6 Å². The standard InChI is InChI=1S/C18H25ClN2O3/c1-18(2,17(23)24)9-10-20-13-7-11-21(12-8-13)16(22)14-5-3-4-6-15(14)19/h3-6,13,20H,7-12H2,1-2H3,(H,23,24). The van der Waals surface area contributed by atoms with Gasteiger partial charge in [0.1, 0.15) is 0 Å². The van der Waals surface area contributed by atoms with Crippen LogP contribution in [0.1, 0.15) is 43.5 Å². The molecule has 1 aliphatic heterocycles. The first-order valence-corrected chi connectivity index (χ1v) is 8.69. The topological polar surface area (TPSA) is 69.6 Å². The molecule has 0 saturated carbocycles. The van der Waals surface area contributed by atoms with E-state index in [-0.39, 0.29) is 5.91 Å². The summed E-state index contributed by atoms with van der Waals surface area (Å²) >= 11 is 6.10. The van der Waals surface area contributed by atoms with E-state index in [4.69, 9.17) is 16.7 Å². The molecule has 0 aromatic heterocycles. The number of piperidine rings is 1. The average molecular weight is 353 g/mol. The van der Waals surface area contributed by atoms with E-state index < -0.39 is 11.4 Å². The van der Waals surface area contributed by atoms with Crippen LogP contribution in [0.15, 0.2) is 24.3 Å². The molecule has 1 saturated heterocycles. The first kappa shape index (κ1) is 18.7. The molecule has 1 heterocycles. The predicted octanol–water partition coefficient (Wildman–Crippen LogP) is 3.04. The molecule has 0 bridgehead atoms. The fourth-order valence-electron chi connectivity index (χ4n) is 2.79. The number of benzene rings is 1. The van der Waals surface area contributed by atoms with Crippen molar-refractivity contribution in [2.75, 3.05) is 19.6 Å². The summed E-state index contributed by atoms with van der Waals surface area (Å²) in [7, 11) is 0. The summed E-state index contributed by atoms with van der Waals surface area (Å²) < 4.78 is 0. The largest absolute Gasteiger partial charge is 0.481 e. The molecule has 5 nitrogen and oxygen atoms in total. The smallest absolute Gasteiger partial charge is 0.309 e. The van der Waals surface area contributed by atoms with E-state index in [0.29, 0.717) is 42.7 Å². The first-order valence-electron chi connectivity index (χ1n) is 8.32. The molecule has 2 N–H and O–H groups in total. The number of carboxylic acids is 1. The number of carboxylic acid groups (broad SMARTS) is 1. The number of carbonyl (C=O) groups is 2. The monoisotopic (exact) mass is 352 g/mol. The summed E-state index contributed by atoms with van der Waals surface area (Å²) in [5.74, 6) is -0.796. The predicted molar refractivity (Wildman–Crippen MR) is 94.4 cm³/mol. The maximum absolute atomic E-state index is 12.5. The molecular formula is C18H25ClN2O3. The van der Waals surface area contributed by atoms with Crippen LogP contribution in [0.4, 0.5) is 0 Å². The van der Waals surface area contributed by atoms with Crippen molar-refractivity contribution in [3.05, 3.63) is 34.9 Å². The molecule has 132 valence electrons. The lowest BCUT2D eigenvalue weighted by molar-refractivity contribution is -0.147. The van der Waals surface area contributed by atoms with Crippen molar-refractivity contribution in [3.8, 4) is 0 Å². The van der Waals surface area contributed by atoms with Crippen LogP contribution in [0.25, 0.3) is 0 Å². The summed E-state index contributed by atoms with van der Waals surface area (Å²) in [6, 6.07) is 7.44. The zero-order chi connectivity index (χ0) is 17.7. The van der Waals surface area contributed by atoms with Gasteiger partial charge >= 0.3 is 5.97 Å². The van der Waals surface area contributed by atoms with Crippen LogP contribution < -0.4 is 5.32 Å². The molecule has 2 rings (SSSR count). The van der Waals surface area contributed by atoms with Crippen LogP contribution in [0.2, 0.25) is 5.02 Å². The Morgan fingerprint density at radius 2 is 1.92 bits per heavy atom. The van der Waals surface area contributed by atoms with Crippen LogP contribution in [0, 0.1) is 5.41 Å². The summed E-state index contributed by atoms with van der Waals surface area (Å²) in [6.45, 7) is 5.51. The zero-order valence-corrected chi connectivity index (χ0v) is 15.0. The second-order valence-electron chi connectivity index (χ2n) is 6.94. The van der Waals surface area contributed by atoms with Crippen molar-refractivity contribution in [2.24, 2.45) is 5.41 Å². The fourth-order valence-corrected chi connectivity index (χ4v) is 3.00. The Balaban J connectivity index is 1.79. The highest BCUT2D eigenvalue weighted by Gasteiger charge is 2.28. The van der Waals surface area contributed by atoms with Gasteiger partial charge in [0, 0.05) is 19.1 Å². The van der Waals surface area contributed by atoms with E-state index in [0.717, 1.165) is 12.8 Å². The van der Waals surface area contributed by atoms with Gasteiger partial charge in [0.15, 0.2) is 0 Å². The molecular weight excluding hydrogens is 328 g/mol. The van der Waals surface area contributed by atoms with Crippen molar-refractivity contribution >= 4 is 23.5 Å². The normalized spacial score (nSPS) is 16.2. The minimum atomic E-state index is -0.774. The van der Waals surface area contributed by atoms with Gasteiger partial charge in [-0.15, -0.1) is 0 Å². The summed E-state index contributed by atoms with van der Waals surface area (Å²) in [6.07, 6.45) is 2.31. The van der Waals surface area contributed by atoms with Gasteiger partial charge < -0.3 is 15.3 Å². The van der Waals surface area contributed by atoms with Crippen molar-refractivity contribution in [1.29, 1.82) is 0 Å². The molecule has 1 aromatic carbocycles. The minimum absolute atomic E-state index is 0.0222. The average Bonchev–Trinajstić information content (AvgIpc) is 2.55. The van der Waals surface area contributed by atoms with Crippen molar-refractivity contribution < 1.29 is 14.7 Å². The molecule has 0 atom stereocenters. The summed E-state index contributed by atoms with van der Waals surface area (Å²) in [5, 5.41) is 13.0. The fraction of sp³-hybridized carbons (Fsp3) is 0.556. The number of halogens is 1. The summed E-state index contributed by atoms with van der Waals surface area (Å²) in [5.41, 5.74) is -0.165. The molecule has 24 heavy (non-hydrogen) atoms. The van der Waals surface area contributed by atoms with Gasteiger partial charge in [-0.05, 0) is 51.8 Å². The van der Waals surface area contributed by atoms with E-state index in [9.17, 15) is 9.59 Å². The molecule has 1 aromatic rings. The van der Waals surface area contributed by atoms with Gasteiger partial charge in [-0.3, -0.25) is 9.59 Å². The number of rotatable bonds is 6. The quantitative estimate of drug-likeness (QED) is 0.825. The lowest BCUT2D eigenvalue weighted by atomic mass is 9.89. The Morgan fingerprint density at radius 3 is 2.50 bits per heavy atom. The van der Waals surface area contributed by atoms with Gasteiger partial charge in [0.2, 0.25) is 0 Å². The Hall–Kier alpha value is -1.59. The molecule has 1 amide bonds. The summed E-state index contributed by atoms with van der Waals surface area (Å²) in [4.78, 5) is 25.4. The number of likely N-dealkylation sites (tertiary alicyclic amines) is 1. The molecule has 0 spiro atoms. The zero-order valence-electron chi connectivity index (χ0n) is 14.2. The highest BCUT2D eigenvalue weighted by atomic mass is 35.5. The number of hydrogen-bond donors (Lipinski definition) is 2. The van der Waals surface area contributed by atoms with Gasteiger partial charge in [0.25, 0.3) is 5.91 Å². The Labute approximate surface area is 148 Å². The maximum Gasteiger partial charge on any atom is 0.309 e. The third-order valence-corrected chi connectivity index (χ3v) is 4.98. The number of carbonyl (C=O) groups excluding carboxylic acids is 1. The second kappa shape index (κ2) is 7.99. The third kappa shape index (κ3) is 4.71. The molecule has 0 radical (unpaired) electrons. The van der Waals surface area contributed by atoms with Crippen LogP contribution in [0.3, 0.4) is 0 Å². The van der Waals surface area contributed by atoms with E-state index in [2.05, 4.69) is 5.32 Å². The first-order chi connectivity index (χ1) is 11.3. The third-order valence-electron chi connectivity index (χ3n) is 4.65. The van der Waals surface area contributed by atoms with Crippen molar-refractivity contribution in [2.45, 2.75) is 39.2 Å². The van der Waals surface area contributed by atoms with Gasteiger partial charge in [-0.2, -0.15) is 0 Å². The molecule has 1 aliphatic rings. The van der Waals surface area contributed by atoms with Gasteiger partial charge in [0.05, 0.1) is 16.0 Å². The number of amides is 1. The van der Waals surface area contributed by atoms with E-state index >= 15 is 0 Å². The maximum atomic E-state index is 12.5. The van der Waals surface area contributed by atoms with Crippen molar-refractivity contribution in [3.63, 3.8) is 0 Å². The highest BCUT2D eigenvalue weighted by Crippen LogP contribution is 2.21. The van der Waals surface area contributed by atoms with Crippen LogP contribution in [-0.2, 0) is 4.79 Å². The van der Waals surface area contributed by atoms with E-state index in [1.54, 1.807) is 26.0 Å². The Morgan fingerprint density at radius 1 is 1.29 bits per heavy atom. The SMILES string of the molecule is CC(C)(CCNC1CCN(C(=O)c2ccccc2Cl)CC1)C(=O)O. The number of hydrogen-bond acceptors (Lipinski definition) is 3. The second-order valence-corrected chi connectivity index (χ2v) is 7.35. The molecule has 0 unspecified atom stereocenters. The van der Waals surface area contributed by atoms with Crippen LogP contribution in [0.5, 0.6) is 0 Å². The van der Waals surface area contributed by atoms with Crippen LogP contribution in [-0.4, -0.2) is 47.6 Å². The lowest BCUT2D eigenvalue weighted by Crippen LogP contribution is -2.45. The van der Waals surface area contributed by atoms with Crippen molar-refractivity contribution in [1.82, 2.24) is 10.2 Å². The highest BCUT2D eigenvalue weighted by molar-refractivity contribution is 6.33. The van der Waals surface area contributed by atoms with Gasteiger partial charge in [-0.1, -0.05) is 23.7 Å². The molecule has 1 fully saturated rings. The number of nitrogens with one attached hydrogen (secondary N) is 1. The van der Waals surface area contributed by atoms with E-state index in [1.807, 2.05) is 17.0 Å². The molecule has 6 heteroatoms. The number of nitrogens with zero attached hydrogens (tertiary/aromatic N) is 1. The Kier molecular flexibility index (Phi) is 6.24. The Bertz CT molecular complexity index is 596. The van der Waals surface area contributed by atoms with Gasteiger partial charge in [-0.25, -0.2) is 0 Å². The lowest BCUT2D eigenvalue weighted by Gasteiger charge is -2.33. The minimum Gasteiger partial charge on any atom is -0.481 e.